The second-order valence-electron chi connectivity index (χ2n) is 2.94. The van der Waals surface area contributed by atoms with Crippen molar-refractivity contribution in [2.24, 2.45) is 0 Å². The molecular formula is C9H8BrN3O3. The third kappa shape index (κ3) is 2.69. The SMILES string of the molecule is O=C(NCCc1ncno1)c1ccc(Br)o1. The summed E-state index contributed by atoms with van der Waals surface area (Å²) >= 11 is 3.12. The molecule has 7 heteroatoms. The van der Waals surface area contributed by atoms with Crippen molar-refractivity contribution in [2.45, 2.75) is 6.42 Å². The van der Waals surface area contributed by atoms with Gasteiger partial charge in [0.1, 0.15) is 0 Å². The van der Waals surface area contributed by atoms with Gasteiger partial charge in [-0.1, -0.05) is 5.16 Å². The first-order valence-corrected chi connectivity index (χ1v) is 5.34. The fourth-order valence-electron chi connectivity index (χ4n) is 1.11. The van der Waals surface area contributed by atoms with E-state index in [1.165, 1.54) is 6.33 Å². The number of amides is 1. The molecule has 2 rings (SSSR count). The van der Waals surface area contributed by atoms with Crippen LogP contribution in [0.2, 0.25) is 0 Å². The van der Waals surface area contributed by atoms with E-state index in [-0.39, 0.29) is 11.7 Å². The average Bonchev–Trinajstić information content (AvgIpc) is 2.89. The van der Waals surface area contributed by atoms with Gasteiger partial charge in [-0.05, 0) is 28.1 Å². The topological polar surface area (TPSA) is 81.2 Å². The molecule has 6 nitrogen and oxygen atoms in total. The minimum atomic E-state index is -0.273. The first-order chi connectivity index (χ1) is 7.75. The van der Waals surface area contributed by atoms with Crippen molar-refractivity contribution in [1.82, 2.24) is 15.5 Å². The van der Waals surface area contributed by atoms with E-state index in [0.29, 0.717) is 23.5 Å². The molecule has 0 aliphatic carbocycles. The second kappa shape index (κ2) is 4.93. The predicted molar refractivity (Wildman–Crippen MR) is 56.7 cm³/mol. The molecule has 0 saturated heterocycles. The van der Waals surface area contributed by atoms with Gasteiger partial charge in [0.05, 0.1) is 0 Å². The van der Waals surface area contributed by atoms with Crippen LogP contribution in [0.1, 0.15) is 16.4 Å². The van der Waals surface area contributed by atoms with Crippen LogP contribution >= 0.6 is 15.9 Å². The first-order valence-electron chi connectivity index (χ1n) is 4.55. The fraction of sp³-hybridized carbons (Fsp3) is 0.222. The van der Waals surface area contributed by atoms with Crippen LogP contribution in [0.5, 0.6) is 0 Å². The number of nitrogens with zero attached hydrogens (tertiary/aromatic N) is 2. The maximum Gasteiger partial charge on any atom is 0.287 e. The highest BCUT2D eigenvalue weighted by atomic mass is 79.9. The lowest BCUT2D eigenvalue weighted by molar-refractivity contribution is 0.0924. The number of carbonyl (C=O) groups is 1. The average molecular weight is 286 g/mol. The Morgan fingerprint density at radius 1 is 1.50 bits per heavy atom. The lowest BCUT2D eigenvalue weighted by atomic mass is 10.4. The number of nitrogens with one attached hydrogen (secondary N) is 1. The molecule has 84 valence electrons. The normalized spacial score (nSPS) is 10.3. The van der Waals surface area contributed by atoms with Gasteiger partial charge in [-0.2, -0.15) is 4.98 Å². The van der Waals surface area contributed by atoms with Gasteiger partial charge in [0.25, 0.3) is 5.91 Å². The third-order valence-electron chi connectivity index (χ3n) is 1.83. The molecule has 2 aromatic heterocycles. The third-order valence-corrected chi connectivity index (χ3v) is 2.25. The van der Waals surface area contributed by atoms with Gasteiger partial charge in [-0.15, -0.1) is 0 Å². The van der Waals surface area contributed by atoms with Gasteiger partial charge in [0, 0.05) is 13.0 Å². The van der Waals surface area contributed by atoms with Gasteiger partial charge in [0.15, 0.2) is 16.8 Å². The van der Waals surface area contributed by atoms with Crippen LogP contribution in [0, 0.1) is 0 Å². The maximum absolute atomic E-state index is 11.5. The Bertz CT molecular complexity index is 466. The Morgan fingerprint density at radius 3 is 3.00 bits per heavy atom. The largest absolute Gasteiger partial charge is 0.444 e. The van der Waals surface area contributed by atoms with E-state index >= 15 is 0 Å². The van der Waals surface area contributed by atoms with Crippen LogP contribution in [-0.2, 0) is 6.42 Å². The Balaban J connectivity index is 1.80. The summed E-state index contributed by atoms with van der Waals surface area (Å²) in [7, 11) is 0. The number of aromatic nitrogens is 2. The summed E-state index contributed by atoms with van der Waals surface area (Å²) in [5.41, 5.74) is 0. The Morgan fingerprint density at radius 2 is 2.38 bits per heavy atom. The molecule has 0 spiro atoms. The van der Waals surface area contributed by atoms with Crippen LogP contribution in [-0.4, -0.2) is 22.6 Å². The molecule has 0 unspecified atom stereocenters. The number of hydrogen-bond acceptors (Lipinski definition) is 5. The zero-order valence-corrected chi connectivity index (χ0v) is 9.73. The van der Waals surface area contributed by atoms with Crippen molar-refractivity contribution in [2.75, 3.05) is 6.54 Å². The summed E-state index contributed by atoms with van der Waals surface area (Å²) in [4.78, 5) is 15.3. The van der Waals surface area contributed by atoms with E-state index in [9.17, 15) is 4.79 Å². The number of rotatable bonds is 4. The van der Waals surface area contributed by atoms with Crippen molar-refractivity contribution in [3.05, 3.63) is 34.8 Å². The molecule has 0 fully saturated rings. The minimum Gasteiger partial charge on any atom is -0.444 e. The van der Waals surface area contributed by atoms with E-state index in [2.05, 4.69) is 31.4 Å². The standard InChI is InChI=1S/C9H8BrN3O3/c10-7-2-1-6(15-7)9(14)11-4-3-8-12-5-13-16-8/h1-2,5H,3-4H2,(H,11,14). The van der Waals surface area contributed by atoms with Gasteiger partial charge in [-0.3, -0.25) is 4.79 Å². The molecule has 0 aromatic carbocycles. The maximum atomic E-state index is 11.5. The predicted octanol–water partition coefficient (Wildman–Crippen LogP) is 1.40. The molecule has 2 aromatic rings. The number of carbonyl (C=O) groups excluding carboxylic acids is 1. The molecule has 0 aliphatic heterocycles. The zero-order valence-electron chi connectivity index (χ0n) is 8.14. The van der Waals surface area contributed by atoms with Crippen LogP contribution in [0.25, 0.3) is 0 Å². The molecule has 2 heterocycles. The molecule has 0 aliphatic rings. The van der Waals surface area contributed by atoms with E-state index < -0.39 is 0 Å². The van der Waals surface area contributed by atoms with Crippen molar-refractivity contribution in [3.8, 4) is 0 Å². The summed E-state index contributed by atoms with van der Waals surface area (Å²) in [5.74, 6) is 0.476. The summed E-state index contributed by atoms with van der Waals surface area (Å²) in [6, 6.07) is 3.25. The number of hydrogen-bond donors (Lipinski definition) is 1. The highest BCUT2D eigenvalue weighted by molar-refractivity contribution is 9.10. The van der Waals surface area contributed by atoms with Crippen LogP contribution in [0.3, 0.4) is 0 Å². The van der Waals surface area contributed by atoms with Gasteiger partial charge in [0.2, 0.25) is 5.89 Å². The first kappa shape index (κ1) is 10.9. The molecule has 0 saturated carbocycles. The minimum absolute atomic E-state index is 0.261. The Labute approximate surface area is 99.1 Å². The second-order valence-corrected chi connectivity index (χ2v) is 3.73. The molecule has 0 atom stereocenters. The lowest BCUT2D eigenvalue weighted by Crippen LogP contribution is -2.25. The molecular weight excluding hydrogens is 278 g/mol. The summed E-state index contributed by atoms with van der Waals surface area (Å²) in [6.07, 6.45) is 1.81. The van der Waals surface area contributed by atoms with Crippen LogP contribution in [0.4, 0.5) is 0 Å². The Kier molecular flexibility index (Phi) is 3.35. The van der Waals surface area contributed by atoms with Crippen molar-refractivity contribution < 1.29 is 13.7 Å². The number of halogens is 1. The highest BCUT2D eigenvalue weighted by Crippen LogP contribution is 2.13. The van der Waals surface area contributed by atoms with E-state index in [0.717, 1.165) is 0 Å². The summed E-state index contributed by atoms with van der Waals surface area (Å²) in [6.45, 7) is 0.416. The number of furan rings is 1. The molecule has 0 radical (unpaired) electrons. The van der Waals surface area contributed by atoms with Crippen LogP contribution in [0.15, 0.2) is 32.1 Å². The highest BCUT2D eigenvalue weighted by Gasteiger charge is 2.09. The molecule has 1 amide bonds. The van der Waals surface area contributed by atoms with Crippen LogP contribution < -0.4 is 5.32 Å². The fourth-order valence-corrected chi connectivity index (χ4v) is 1.42. The van der Waals surface area contributed by atoms with Gasteiger partial charge in [-0.25, -0.2) is 0 Å². The Hall–Kier alpha value is -1.63. The van der Waals surface area contributed by atoms with Gasteiger partial charge < -0.3 is 14.3 Å². The monoisotopic (exact) mass is 285 g/mol. The lowest BCUT2D eigenvalue weighted by Gasteiger charge is -1.99. The van der Waals surface area contributed by atoms with Crippen molar-refractivity contribution in [3.63, 3.8) is 0 Å². The summed E-state index contributed by atoms with van der Waals surface area (Å²) in [5, 5.41) is 6.13. The zero-order chi connectivity index (χ0) is 11.4. The van der Waals surface area contributed by atoms with Crippen molar-refractivity contribution >= 4 is 21.8 Å². The summed E-state index contributed by atoms with van der Waals surface area (Å²) < 4.78 is 10.4. The van der Waals surface area contributed by atoms with E-state index in [4.69, 9.17) is 8.94 Å². The molecule has 16 heavy (non-hydrogen) atoms. The van der Waals surface area contributed by atoms with Crippen molar-refractivity contribution in [1.29, 1.82) is 0 Å². The quantitative estimate of drug-likeness (QED) is 0.918. The van der Waals surface area contributed by atoms with E-state index in [1.807, 2.05) is 0 Å². The smallest absolute Gasteiger partial charge is 0.287 e. The molecule has 0 bridgehead atoms. The van der Waals surface area contributed by atoms with Gasteiger partial charge >= 0.3 is 0 Å². The van der Waals surface area contributed by atoms with E-state index in [1.54, 1.807) is 12.1 Å². The molecule has 1 N–H and O–H groups in total.